The maximum Gasteiger partial charge on any atom is 2.00 e. The van der Waals surface area contributed by atoms with Gasteiger partial charge in [-0.25, -0.2) is 0 Å². The third kappa shape index (κ3) is 28.1. The van der Waals surface area contributed by atoms with Crippen molar-refractivity contribution in [1.29, 1.82) is 0 Å². The van der Waals surface area contributed by atoms with E-state index < -0.39 is 27.7 Å². The number of aliphatic imine (C=N–C) groups is 2. The Balaban J connectivity index is 0. The van der Waals surface area contributed by atoms with E-state index >= 15 is 0 Å². The number of hydrogen-bond donors (Lipinski definition) is 0. The molecule has 0 bridgehead atoms. The Hall–Kier alpha value is -2.48. The number of pyridine rings is 2. The Morgan fingerprint density at radius 1 is 0.535 bits per heavy atom. The summed E-state index contributed by atoms with van der Waals surface area (Å²) in [5.41, 5.74) is 1.49. The first-order valence-corrected chi connectivity index (χ1v) is 15.4. The molecule has 21 heteroatoms. The molecule has 1 radical (unpaired) electrons. The quantitative estimate of drug-likeness (QED) is 0.0646. The van der Waals surface area contributed by atoms with Gasteiger partial charge in [-0.3, -0.25) is 19.6 Å². The molecule has 2 aromatic rings. The van der Waals surface area contributed by atoms with Crippen molar-refractivity contribution in [2.45, 2.75) is 39.8 Å². The second-order valence-electron chi connectivity index (χ2n) is 8.63. The minimum absolute atomic E-state index is 0. The van der Waals surface area contributed by atoms with Crippen molar-refractivity contribution in [3.8, 4) is 0 Å². The fraction of sp³-hybridized carbons (Fsp3) is 0.364. The van der Waals surface area contributed by atoms with Gasteiger partial charge in [0.25, 0.3) is 12.1 Å². The molecule has 2 unspecified atom stereocenters. The van der Waals surface area contributed by atoms with Crippen LogP contribution in [0, 0.1) is 0 Å². The molecule has 0 saturated heterocycles. The summed E-state index contributed by atoms with van der Waals surface area (Å²) < 4.78 is 122. The molecule has 251 valence electrons. The Bertz CT molecular complexity index is 1170. The smallest absolute Gasteiger partial charge is 2.00 e. The largest absolute Gasteiger partial charge is 2.00 e. The molecule has 0 aliphatic rings. The summed E-state index contributed by atoms with van der Waals surface area (Å²) in [7, 11) is -21.3. The average Bonchev–Trinajstić information content (AvgIpc) is 2.73. The Morgan fingerprint density at radius 3 is 0.930 bits per heavy atom. The van der Waals surface area contributed by atoms with Crippen LogP contribution < -0.4 is 9.13 Å². The first-order chi connectivity index (χ1) is 18.3. The van der Waals surface area contributed by atoms with Crippen molar-refractivity contribution in [2.75, 3.05) is 13.1 Å². The molecule has 0 aliphatic heterocycles. The maximum atomic E-state index is 12.1. The van der Waals surface area contributed by atoms with Gasteiger partial charge in [0.2, 0.25) is 11.6 Å². The molecule has 0 fully saturated rings. The number of hydrogen-bond acceptors (Lipinski definition) is 4. The Morgan fingerprint density at radius 2 is 0.744 bits per heavy atom. The van der Waals surface area contributed by atoms with Crippen molar-refractivity contribution < 1.29 is 86.2 Å². The zero-order valence-electron chi connectivity index (χ0n) is 22.7. The first kappa shape index (κ1) is 42.7. The number of carbonyl (C=O) groups is 2. The molecule has 2 aromatic heterocycles. The van der Waals surface area contributed by atoms with Gasteiger partial charge >= 0.3 is 83.0 Å². The van der Waals surface area contributed by atoms with Crippen molar-refractivity contribution in [2.24, 2.45) is 9.98 Å². The summed E-state index contributed by atoms with van der Waals surface area (Å²) in [5.74, 6) is 0.0727. The van der Waals surface area contributed by atoms with Crippen LogP contribution >= 0.6 is 15.6 Å². The topological polar surface area (TPSA) is 66.6 Å². The van der Waals surface area contributed by atoms with Crippen LogP contribution in [0.1, 0.15) is 39.8 Å². The van der Waals surface area contributed by atoms with E-state index in [1.54, 1.807) is 13.8 Å². The Kier molecular flexibility index (Phi) is 13.5. The predicted octanol–water partition coefficient (Wildman–Crippen LogP) is 8.91. The van der Waals surface area contributed by atoms with E-state index in [0.717, 1.165) is 11.4 Å². The van der Waals surface area contributed by atoms with E-state index in [-0.39, 0.29) is 28.6 Å². The van der Waals surface area contributed by atoms with Crippen LogP contribution in [0.15, 0.2) is 71.2 Å². The molecule has 6 nitrogen and oxygen atoms in total. The Labute approximate surface area is 248 Å². The second-order valence-corrected chi connectivity index (χ2v) is 12.5. The monoisotopic (exact) mass is 733 g/mol. The average molecular weight is 734 g/mol. The number of halogens is 12. The normalized spacial score (nSPS) is 16.9. The van der Waals surface area contributed by atoms with Gasteiger partial charge in [0.05, 0.1) is 24.5 Å². The van der Waals surface area contributed by atoms with Crippen molar-refractivity contribution in [1.82, 2.24) is 0 Å². The zero-order chi connectivity index (χ0) is 33.3. The second kappa shape index (κ2) is 13.7. The van der Waals surface area contributed by atoms with Crippen LogP contribution in [0.5, 0.6) is 0 Å². The van der Waals surface area contributed by atoms with Gasteiger partial charge in [0.1, 0.15) is 0 Å². The summed E-state index contributed by atoms with van der Waals surface area (Å²) in [5, 5.41) is 0. The number of carbonyl (C=O) groups excluding carboxylic acids is 2. The molecule has 0 spiro atoms. The van der Waals surface area contributed by atoms with Gasteiger partial charge in [-0.15, -0.1) is 0 Å². The molecule has 0 saturated carbocycles. The van der Waals surface area contributed by atoms with Gasteiger partial charge in [-0.2, -0.15) is 9.13 Å². The van der Waals surface area contributed by atoms with E-state index in [0.29, 0.717) is 13.1 Å². The molecule has 0 amide bonds. The van der Waals surface area contributed by atoms with Gasteiger partial charge in [-0.1, -0.05) is 12.1 Å². The minimum Gasteiger partial charge on any atom is 2.00 e. The number of ketones is 2. The zero-order valence-corrected chi connectivity index (χ0v) is 25.4. The number of nitrogens with zero attached hydrogens (tertiary/aromatic N) is 4. The van der Waals surface area contributed by atoms with Gasteiger partial charge in [0, 0.05) is 38.1 Å². The fourth-order valence-electron chi connectivity index (χ4n) is 3.23. The first-order valence-electron chi connectivity index (χ1n) is 11.4. The standard InChI is InChI=1S/C22H28N4O2.Cu.2F6P/c1-17(21(19(3)27)25-13-7-5-8-14-25)23-11-12-24-18(2)22(20(4)28)26-15-9-6-10-16-26;;2*1-7(2,3,4,5)6/h5-10,13-16,21-22H,11-12H2,1-4H3;;;/q2*+2;2*-1. The number of rotatable bonds is 9. The fourth-order valence-corrected chi connectivity index (χ4v) is 3.23. The van der Waals surface area contributed by atoms with Crippen LogP contribution in [0.2, 0.25) is 0 Å². The van der Waals surface area contributed by atoms with Crippen molar-refractivity contribution in [3.63, 3.8) is 0 Å². The summed E-state index contributed by atoms with van der Waals surface area (Å²) in [6.45, 7) is 7.79. The summed E-state index contributed by atoms with van der Waals surface area (Å²) in [4.78, 5) is 33.3. The van der Waals surface area contributed by atoms with Crippen LogP contribution in [0.25, 0.3) is 0 Å². The van der Waals surface area contributed by atoms with E-state index in [1.165, 1.54) is 0 Å². The molecular weight excluding hydrogens is 706 g/mol. The molecule has 2 atom stereocenters. The van der Waals surface area contributed by atoms with E-state index in [1.807, 2.05) is 84.2 Å². The van der Waals surface area contributed by atoms with Gasteiger partial charge in [0.15, 0.2) is 24.8 Å². The molecule has 0 N–H and O–H groups in total. The minimum atomic E-state index is -10.7. The summed E-state index contributed by atoms with van der Waals surface area (Å²) in [6, 6.07) is 10.6. The third-order valence-electron chi connectivity index (χ3n) is 4.46. The van der Waals surface area contributed by atoms with Crippen molar-refractivity contribution >= 4 is 38.6 Å². The molecular formula is C22H28CuF12N4O2P2+2. The summed E-state index contributed by atoms with van der Waals surface area (Å²) >= 11 is 0. The molecule has 0 aliphatic carbocycles. The number of Topliss-reactive ketones (excluding diaryl/α,β-unsaturated/α-hetero) is 2. The third-order valence-corrected chi connectivity index (χ3v) is 4.46. The SMILES string of the molecule is CC(=O)C(C(C)=NCCN=C(C)C(C(C)=O)[n+]1ccccc1)[n+]1ccccc1.F[P-](F)(F)(F)(F)F.F[P-](F)(F)(F)(F)F.[Cu+2]. The molecule has 2 rings (SSSR count). The van der Waals surface area contributed by atoms with Crippen molar-refractivity contribution in [3.05, 3.63) is 61.2 Å². The molecule has 0 aromatic carbocycles. The number of aromatic nitrogens is 2. The van der Waals surface area contributed by atoms with E-state index in [2.05, 4.69) is 9.98 Å². The van der Waals surface area contributed by atoms with Gasteiger partial charge in [-0.05, 0) is 13.8 Å². The molecule has 2 heterocycles. The van der Waals surface area contributed by atoms with Crippen LogP contribution in [-0.2, 0) is 26.7 Å². The van der Waals surface area contributed by atoms with Gasteiger partial charge < -0.3 is 0 Å². The van der Waals surface area contributed by atoms with E-state index in [4.69, 9.17) is 0 Å². The van der Waals surface area contributed by atoms with E-state index in [9.17, 15) is 60.0 Å². The van der Waals surface area contributed by atoms with Crippen LogP contribution in [-0.4, -0.2) is 36.1 Å². The van der Waals surface area contributed by atoms with Crippen LogP contribution in [0.3, 0.4) is 0 Å². The maximum absolute atomic E-state index is 12.1. The van der Waals surface area contributed by atoms with Crippen LogP contribution in [0.4, 0.5) is 50.4 Å². The predicted molar refractivity (Wildman–Crippen MR) is 136 cm³/mol. The molecule has 43 heavy (non-hydrogen) atoms. The summed E-state index contributed by atoms with van der Waals surface area (Å²) in [6.07, 6.45) is 7.45.